The van der Waals surface area contributed by atoms with Gasteiger partial charge in [0.1, 0.15) is 5.82 Å². The van der Waals surface area contributed by atoms with Gasteiger partial charge in [-0.15, -0.1) is 0 Å². The second kappa shape index (κ2) is 5.59. The predicted molar refractivity (Wildman–Crippen MR) is 61.2 cm³/mol. The summed E-state index contributed by atoms with van der Waals surface area (Å²) in [4.78, 5) is 0. The van der Waals surface area contributed by atoms with E-state index < -0.39 is 0 Å². The summed E-state index contributed by atoms with van der Waals surface area (Å²) in [5.41, 5.74) is 6.10. The molecule has 4 heteroatoms. The van der Waals surface area contributed by atoms with Gasteiger partial charge in [0.05, 0.1) is 5.02 Å². The fourth-order valence-corrected chi connectivity index (χ4v) is 1.98. The molecule has 1 nitrogen and oxygen atoms in total. The van der Waals surface area contributed by atoms with Gasteiger partial charge < -0.3 is 5.73 Å². The lowest BCUT2D eigenvalue weighted by Crippen LogP contribution is -2.12. The first-order valence-corrected chi connectivity index (χ1v) is 5.82. The summed E-state index contributed by atoms with van der Waals surface area (Å²) in [6.07, 6.45) is 0. The molecule has 0 fully saturated rings. The molecule has 0 aliphatic rings. The Bertz CT molecular complexity index is 306. The van der Waals surface area contributed by atoms with Crippen LogP contribution < -0.4 is 5.73 Å². The van der Waals surface area contributed by atoms with Crippen LogP contribution in [0.15, 0.2) is 18.2 Å². The average molecular weight is 234 g/mol. The quantitative estimate of drug-likeness (QED) is 0.865. The lowest BCUT2D eigenvalue weighted by Gasteiger charge is -2.08. The van der Waals surface area contributed by atoms with Crippen molar-refractivity contribution in [3.05, 3.63) is 34.6 Å². The van der Waals surface area contributed by atoms with E-state index in [4.69, 9.17) is 17.3 Å². The minimum Gasteiger partial charge on any atom is -0.329 e. The van der Waals surface area contributed by atoms with E-state index in [2.05, 4.69) is 0 Å². The summed E-state index contributed by atoms with van der Waals surface area (Å²) in [6, 6.07) is 5.06. The SMILES string of the molecule is CC(CN)SCc1cccc(Cl)c1F. The molecule has 78 valence electrons. The predicted octanol–water partition coefficient (Wildman–Crippen LogP) is 3.06. The van der Waals surface area contributed by atoms with Crippen molar-refractivity contribution in [1.82, 2.24) is 0 Å². The van der Waals surface area contributed by atoms with E-state index in [0.29, 0.717) is 23.1 Å². The molecule has 1 unspecified atom stereocenters. The zero-order chi connectivity index (χ0) is 10.6. The molecule has 0 bridgehead atoms. The van der Waals surface area contributed by atoms with Crippen molar-refractivity contribution in [3.8, 4) is 0 Å². The second-order valence-corrected chi connectivity index (χ2v) is 4.90. The minimum absolute atomic E-state index is 0.184. The first-order chi connectivity index (χ1) is 6.65. The van der Waals surface area contributed by atoms with Crippen LogP contribution in [0.4, 0.5) is 4.39 Å². The van der Waals surface area contributed by atoms with Crippen LogP contribution in [0.3, 0.4) is 0 Å². The van der Waals surface area contributed by atoms with Gasteiger partial charge in [0, 0.05) is 17.5 Å². The third-order valence-corrected chi connectivity index (χ3v) is 3.42. The fourth-order valence-electron chi connectivity index (χ4n) is 0.960. The van der Waals surface area contributed by atoms with Crippen molar-refractivity contribution in [1.29, 1.82) is 0 Å². The summed E-state index contributed by atoms with van der Waals surface area (Å²) >= 11 is 7.28. The monoisotopic (exact) mass is 233 g/mol. The fraction of sp³-hybridized carbons (Fsp3) is 0.400. The van der Waals surface area contributed by atoms with Crippen LogP contribution in [0.1, 0.15) is 12.5 Å². The summed E-state index contributed by atoms with van der Waals surface area (Å²) in [7, 11) is 0. The average Bonchev–Trinajstić information content (AvgIpc) is 2.20. The maximum atomic E-state index is 13.4. The van der Waals surface area contributed by atoms with Gasteiger partial charge in [0.15, 0.2) is 0 Å². The second-order valence-electron chi connectivity index (χ2n) is 3.07. The third kappa shape index (κ3) is 3.15. The van der Waals surface area contributed by atoms with Gasteiger partial charge in [0.25, 0.3) is 0 Å². The van der Waals surface area contributed by atoms with E-state index in [1.165, 1.54) is 0 Å². The highest BCUT2D eigenvalue weighted by atomic mass is 35.5. The molecule has 14 heavy (non-hydrogen) atoms. The van der Waals surface area contributed by atoms with Crippen molar-refractivity contribution in [2.24, 2.45) is 5.73 Å². The van der Waals surface area contributed by atoms with Gasteiger partial charge in [-0.3, -0.25) is 0 Å². The molecule has 0 spiro atoms. The van der Waals surface area contributed by atoms with Gasteiger partial charge in [-0.1, -0.05) is 30.7 Å². The molecule has 0 aliphatic heterocycles. The van der Waals surface area contributed by atoms with Crippen LogP contribution in [-0.2, 0) is 5.75 Å². The molecule has 1 rings (SSSR count). The first-order valence-electron chi connectivity index (χ1n) is 4.39. The van der Waals surface area contributed by atoms with Crippen molar-refractivity contribution in [3.63, 3.8) is 0 Å². The molecule has 0 aliphatic carbocycles. The highest BCUT2D eigenvalue weighted by Gasteiger charge is 2.07. The van der Waals surface area contributed by atoms with Gasteiger partial charge in [-0.2, -0.15) is 11.8 Å². The Morgan fingerprint density at radius 1 is 1.57 bits per heavy atom. The molecular formula is C10H13ClFNS. The summed E-state index contributed by atoms with van der Waals surface area (Å²) < 4.78 is 13.4. The molecule has 0 saturated heterocycles. The van der Waals surface area contributed by atoms with Crippen molar-refractivity contribution in [2.75, 3.05) is 6.54 Å². The zero-order valence-electron chi connectivity index (χ0n) is 7.97. The van der Waals surface area contributed by atoms with Gasteiger partial charge in [0.2, 0.25) is 0 Å². The van der Waals surface area contributed by atoms with Crippen molar-refractivity contribution >= 4 is 23.4 Å². The van der Waals surface area contributed by atoms with Crippen molar-refractivity contribution in [2.45, 2.75) is 17.9 Å². The molecule has 0 heterocycles. The third-order valence-electron chi connectivity index (χ3n) is 1.89. The van der Waals surface area contributed by atoms with E-state index in [0.717, 1.165) is 0 Å². The zero-order valence-corrected chi connectivity index (χ0v) is 9.54. The Kier molecular flexibility index (Phi) is 4.72. The summed E-state index contributed by atoms with van der Waals surface area (Å²) in [5.74, 6) is 0.302. The molecule has 1 aromatic rings. The Morgan fingerprint density at radius 2 is 2.29 bits per heavy atom. The topological polar surface area (TPSA) is 26.0 Å². The Hall–Kier alpha value is -0.250. The van der Waals surface area contributed by atoms with Crippen LogP contribution >= 0.6 is 23.4 Å². The maximum absolute atomic E-state index is 13.4. The lowest BCUT2D eigenvalue weighted by atomic mass is 10.2. The van der Waals surface area contributed by atoms with E-state index in [9.17, 15) is 4.39 Å². The number of rotatable bonds is 4. The molecule has 0 aromatic heterocycles. The van der Waals surface area contributed by atoms with Crippen LogP contribution in [0, 0.1) is 5.82 Å². The lowest BCUT2D eigenvalue weighted by molar-refractivity contribution is 0.617. The van der Waals surface area contributed by atoms with Crippen LogP contribution in [0.5, 0.6) is 0 Å². The number of nitrogens with two attached hydrogens (primary N) is 1. The Balaban J connectivity index is 2.63. The van der Waals surface area contributed by atoms with E-state index in [1.807, 2.05) is 6.92 Å². The Labute approximate surface area is 92.8 Å². The molecule has 1 aromatic carbocycles. The number of hydrogen-bond acceptors (Lipinski definition) is 2. The Morgan fingerprint density at radius 3 is 2.93 bits per heavy atom. The highest BCUT2D eigenvalue weighted by Crippen LogP contribution is 2.23. The van der Waals surface area contributed by atoms with Gasteiger partial charge >= 0.3 is 0 Å². The molecule has 2 N–H and O–H groups in total. The summed E-state index contributed by atoms with van der Waals surface area (Å²) in [6.45, 7) is 2.62. The molecule has 0 saturated carbocycles. The standard InChI is InChI=1S/C10H13ClFNS/c1-7(5-13)14-6-8-3-2-4-9(11)10(8)12/h2-4,7H,5-6,13H2,1H3. The van der Waals surface area contributed by atoms with Crippen LogP contribution in [0.2, 0.25) is 5.02 Å². The molecule has 1 atom stereocenters. The van der Waals surface area contributed by atoms with Crippen LogP contribution in [-0.4, -0.2) is 11.8 Å². The van der Waals surface area contributed by atoms with Gasteiger partial charge in [-0.25, -0.2) is 4.39 Å². The number of hydrogen-bond donors (Lipinski definition) is 1. The smallest absolute Gasteiger partial charge is 0.145 e. The first kappa shape index (κ1) is 11.8. The largest absolute Gasteiger partial charge is 0.329 e. The van der Waals surface area contributed by atoms with E-state index in [-0.39, 0.29) is 10.8 Å². The number of halogens is 2. The summed E-state index contributed by atoms with van der Waals surface area (Å²) in [5, 5.41) is 0.525. The molecule has 0 amide bonds. The number of benzene rings is 1. The highest BCUT2D eigenvalue weighted by molar-refractivity contribution is 7.99. The maximum Gasteiger partial charge on any atom is 0.145 e. The van der Waals surface area contributed by atoms with E-state index >= 15 is 0 Å². The van der Waals surface area contributed by atoms with Crippen LogP contribution in [0.25, 0.3) is 0 Å². The normalized spacial score (nSPS) is 12.9. The van der Waals surface area contributed by atoms with Crippen molar-refractivity contribution < 1.29 is 4.39 Å². The van der Waals surface area contributed by atoms with Gasteiger partial charge in [-0.05, 0) is 11.6 Å². The molecular weight excluding hydrogens is 221 g/mol. The number of thioether (sulfide) groups is 1. The van der Waals surface area contributed by atoms with E-state index in [1.54, 1.807) is 30.0 Å². The minimum atomic E-state index is -0.314. The molecule has 0 radical (unpaired) electrons.